The summed E-state index contributed by atoms with van der Waals surface area (Å²) >= 11 is 19.4. The predicted octanol–water partition coefficient (Wildman–Crippen LogP) is 8.74. The Hall–Kier alpha value is -4.20. The second-order valence-electron chi connectivity index (χ2n) is 21.7. The number of rotatable bonds is 27. The summed E-state index contributed by atoms with van der Waals surface area (Å²) in [6, 6.07) is 21.2. The fourth-order valence-corrected chi connectivity index (χ4v) is 15.3. The van der Waals surface area contributed by atoms with Gasteiger partial charge in [-0.15, -0.1) is 0 Å². The Morgan fingerprint density at radius 2 is 1.28 bits per heavy atom. The first-order chi connectivity index (χ1) is 37.9. The maximum atomic E-state index is 13.7. The van der Waals surface area contributed by atoms with Gasteiger partial charge < -0.3 is 34.8 Å². The van der Waals surface area contributed by atoms with E-state index in [1.54, 1.807) is 36.4 Å². The van der Waals surface area contributed by atoms with Gasteiger partial charge in [0.05, 0.1) is 41.9 Å². The first kappa shape index (κ1) is 60.9. The molecule has 0 bridgehead atoms. The van der Waals surface area contributed by atoms with E-state index in [4.69, 9.17) is 50.8 Å². The van der Waals surface area contributed by atoms with E-state index < -0.39 is 19.9 Å². The molecule has 2 saturated heterocycles. The molecule has 2 fully saturated rings. The van der Waals surface area contributed by atoms with E-state index in [9.17, 15) is 26.4 Å². The first-order valence-electron chi connectivity index (χ1n) is 27.6. The third kappa shape index (κ3) is 17.2. The number of sulfonamides is 1. The van der Waals surface area contributed by atoms with Crippen molar-refractivity contribution in [2.75, 3.05) is 112 Å². The molecule has 3 N–H and O–H groups in total. The number of unbranched alkanes of at least 4 members (excludes halogenated alkanes) is 2. The van der Waals surface area contributed by atoms with Crippen LogP contribution in [0.1, 0.15) is 96.6 Å². The molecule has 4 atom stereocenters. The molecular weight excluding hydrogens is 1110 g/mol. The summed E-state index contributed by atoms with van der Waals surface area (Å²) in [7, 11) is -3.27. The Morgan fingerprint density at radius 3 is 2.00 bits per heavy atom. The number of benzene rings is 4. The molecule has 0 aromatic heterocycles. The minimum absolute atomic E-state index is 0.0397. The number of carbonyl (C=O) groups excluding carboxylic acids is 2. The largest absolute Gasteiger partial charge is 0.380 e. The molecule has 0 aliphatic carbocycles. The second-order valence-corrected chi connectivity index (χ2v) is 26.7. The van der Waals surface area contributed by atoms with Gasteiger partial charge in [-0.3, -0.25) is 9.69 Å². The normalized spacial score (nSPS) is 20.2. The van der Waals surface area contributed by atoms with Crippen LogP contribution >= 0.6 is 34.8 Å². The molecule has 428 valence electrons. The van der Waals surface area contributed by atoms with Crippen molar-refractivity contribution in [1.29, 1.82) is 0 Å². The van der Waals surface area contributed by atoms with E-state index >= 15 is 0 Å². The number of ketones is 1. The first-order valence-corrected chi connectivity index (χ1v) is 31.8. The number of urea groups is 1. The minimum atomic E-state index is -3.79. The van der Waals surface area contributed by atoms with Gasteiger partial charge in [-0.25, -0.2) is 31.2 Å². The highest BCUT2D eigenvalue weighted by molar-refractivity contribution is 7.91. The van der Waals surface area contributed by atoms with Gasteiger partial charge in [0.25, 0.3) is 0 Å². The number of hydrogen-bond acceptors (Lipinski definition) is 12. The summed E-state index contributed by atoms with van der Waals surface area (Å²) in [6.07, 6.45) is 5.48. The maximum absolute atomic E-state index is 13.7. The predicted molar refractivity (Wildman–Crippen MR) is 311 cm³/mol. The molecule has 4 heterocycles. The number of sulfone groups is 1. The lowest BCUT2D eigenvalue weighted by Crippen LogP contribution is -2.38. The highest BCUT2D eigenvalue weighted by Gasteiger charge is 2.33. The number of carbonyl (C=O) groups is 2. The van der Waals surface area contributed by atoms with Gasteiger partial charge in [0.1, 0.15) is 5.78 Å². The number of nitrogens with zero attached hydrogens (tertiary/aromatic N) is 5. The van der Waals surface area contributed by atoms with Gasteiger partial charge in [-0.2, -0.15) is 0 Å². The highest BCUT2D eigenvalue weighted by atomic mass is 35.5. The second kappa shape index (κ2) is 28.7. The molecule has 4 aromatic rings. The molecule has 8 rings (SSSR count). The van der Waals surface area contributed by atoms with Crippen LogP contribution in [0, 0.1) is 12.5 Å². The molecule has 21 heteroatoms. The topological polar surface area (TPSA) is 174 Å². The van der Waals surface area contributed by atoms with Crippen molar-refractivity contribution in [3.8, 4) is 0 Å². The summed E-state index contributed by atoms with van der Waals surface area (Å²) in [6.45, 7) is 17.3. The average Bonchev–Trinajstić information content (AvgIpc) is 4.20. The third-order valence-electron chi connectivity index (χ3n) is 15.5. The molecule has 79 heavy (non-hydrogen) atoms. The minimum Gasteiger partial charge on any atom is -0.380 e. The number of likely N-dealkylation sites (tertiary alicyclic amines) is 2. The number of nitrogens with one attached hydrogen (secondary N) is 3. The van der Waals surface area contributed by atoms with Crippen molar-refractivity contribution >= 4 is 72.2 Å². The smallest absolute Gasteiger partial charge is 0.314 e. The fraction of sp³-hybridized carbons (Fsp3) is 0.534. The Kier molecular flexibility index (Phi) is 22.1. The third-order valence-corrected chi connectivity index (χ3v) is 19.7. The van der Waals surface area contributed by atoms with Crippen molar-refractivity contribution in [1.82, 2.24) is 35.0 Å². The number of likely N-dealkylation sites (N-methyl/N-ethyl adjacent to an activating group) is 2. The number of fused-ring (bicyclic) bond motifs is 2. The van der Waals surface area contributed by atoms with Crippen molar-refractivity contribution in [2.45, 2.75) is 92.1 Å². The van der Waals surface area contributed by atoms with E-state index in [0.29, 0.717) is 130 Å². The number of Topliss-reactive ketones (excluding diaryl/α,β-unsaturated/α-hetero) is 1. The molecular formula is C58H75Cl3N8O8S2. The Balaban J connectivity index is 0.613. The number of amides is 2. The van der Waals surface area contributed by atoms with E-state index in [2.05, 4.69) is 39.8 Å². The van der Waals surface area contributed by atoms with Crippen LogP contribution in [0.5, 0.6) is 0 Å². The Bertz CT molecular complexity index is 3040. The van der Waals surface area contributed by atoms with E-state index in [-0.39, 0.29) is 46.3 Å². The van der Waals surface area contributed by atoms with Crippen molar-refractivity contribution in [3.63, 3.8) is 0 Å². The average molecular weight is 1180 g/mol. The standard InChI is InChI=1S/C58H75Cl3N8O8S2/c1-62-57-33-45(60)31-51-53(37-67(3)39-55(51)57)43-11-8-15-49(29-43)79(74,75)65-46-17-21-69(35-46)23-27-77-25-19-64-58(71)63-18-6-4-5-12-47(70)13-9-24-76-26-22-68-20-16-41(34-68)40-78(72,73)48-14-7-10-42(28-48)52-36-66(2)38-54-50(52)30-44(59)32-56(54)61/h7-8,10-11,14-15,28-33,41,46,52-53,65H,4-6,9,12-13,16-27,34-40H2,2-3H3,(H2,63,64,71)/t41-,46-,52?,53?/m0/s1. The molecule has 16 nitrogen and oxygen atoms in total. The van der Waals surface area contributed by atoms with Crippen molar-refractivity contribution in [3.05, 3.63) is 133 Å². The van der Waals surface area contributed by atoms with Gasteiger partial charge in [-0.1, -0.05) is 65.5 Å². The summed E-state index contributed by atoms with van der Waals surface area (Å²) < 4.78 is 69.1. The number of hydrogen-bond donors (Lipinski definition) is 3. The zero-order valence-corrected chi connectivity index (χ0v) is 49.3. The zero-order valence-electron chi connectivity index (χ0n) is 45.4. The molecule has 4 aliphatic heterocycles. The lowest BCUT2D eigenvalue weighted by atomic mass is 9.84. The van der Waals surface area contributed by atoms with Gasteiger partial charge in [0.2, 0.25) is 10.0 Å². The molecule has 4 aliphatic rings. The van der Waals surface area contributed by atoms with Crippen molar-refractivity contribution in [2.24, 2.45) is 5.92 Å². The van der Waals surface area contributed by atoms with Crippen LogP contribution in [0.4, 0.5) is 10.5 Å². The van der Waals surface area contributed by atoms with Crippen LogP contribution in [-0.2, 0) is 47.2 Å². The fourth-order valence-electron chi connectivity index (χ4n) is 11.5. The monoisotopic (exact) mass is 1180 g/mol. The summed E-state index contributed by atoms with van der Waals surface area (Å²) in [5.74, 6) is 0.175. The Morgan fingerprint density at radius 1 is 0.671 bits per heavy atom. The van der Waals surface area contributed by atoms with Gasteiger partial charge in [0.15, 0.2) is 15.5 Å². The lowest BCUT2D eigenvalue weighted by Gasteiger charge is -2.33. The van der Waals surface area contributed by atoms with E-state index in [0.717, 1.165) is 85.2 Å². The molecule has 0 radical (unpaired) electrons. The van der Waals surface area contributed by atoms with Crippen LogP contribution in [-0.4, -0.2) is 166 Å². The zero-order chi connectivity index (χ0) is 56.1. The highest BCUT2D eigenvalue weighted by Crippen LogP contribution is 2.41. The summed E-state index contributed by atoms with van der Waals surface area (Å²) in [5.41, 5.74) is 6.27. The van der Waals surface area contributed by atoms with Crippen LogP contribution in [0.25, 0.3) is 4.85 Å². The molecule has 0 saturated carbocycles. The van der Waals surface area contributed by atoms with Gasteiger partial charge in [0, 0.05) is 118 Å². The van der Waals surface area contributed by atoms with Crippen LogP contribution in [0.3, 0.4) is 0 Å². The number of halogens is 3. The quantitative estimate of drug-likeness (QED) is 0.0383. The van der Waals surface area contributed by atoms with Crippen LogP contribution in [0.2, 0.25) is 15.1 Å². The van der Waals surface area contributed by atoms with Gasteiger partial charge >= 0.3 is 6.03 Å². The van der Waals surface area contributed by atoms with E-state index in [1.165, 1.54) is 0 Å². The summed E-state index contributed by atoms with van der Waals surface area (Å²) in [4.78, 5) is 37.8. The van der Waals surface area contributed by atoms with E-state index in [1.807, 2.05) is 50.5 Å². The Labute approximate surface area is 482 Å². The molecule has 2 unspecified atom stereocenters. The maximum Gasteiger partial charge on any atom is 0.314 e. The molecule has 4 aromatic carbocycles. The van der Waals surface area contributed by atoms with Crippen LogP contribution in [0.15, 0.2) is 82.6 Å². The SMILES string of the molecule is [C-]#[N+]c1cc(Cl)cc2c1CN(C)CC2c1cccc(S(=O)(=O)N[C@H]2CCN(CCOCCNC(=O)NCCCCCC(=O)CCCOCCN3CC[C@H](CS(=O)(=O)c4cccc(C5CN(C)Cc6c(Cl)cc(Cl)cc65)c4)C3)C2)c1. The number of ether oxygens (including phenoxy) is 2. The van der Waals surface area contributed by atoms with Gasteiger partial charge in [-0.05, 0) is 147 Å². The molecule has 2 amide bonds. The lowest BCUT2D eigenvalue weighted by molar-refractivity contribution is -0.119. The van der Waals surface area contributed by atoms with Crippen LogP contribution < -0.4 is 15.4 Å². The van der Waals surface area contributed by atoms with Crippen molar-refractivity contribution < 1.29 is 35.9 Å². The summed E-state index contributed by atoms with van der Waals surface area (Å²) in [5, 5.41) is 7.36. The molecule has 0 spiro atoms.